The van der Waals surface area contributed by atoms with Crippen LogP contribution in [-0.2, 0) is 19.4 Å². The number of hydrogen-bond donors (Lipinski definition) is 2. The minimum Gasteiger partial charge on any atom is -0.489 e. The normalized spacial score (nSPS) is 10.9. The molecule has 0 aliphatic rings. The van der Waals surface area contributed by atoms with Crippen LogP contribution in [0.3, 0.4) is 0 Å². The summed E-state index contributed by atoms with van der Waals surface area (Å²) in [7, 11) is 0. The topological polar surface area (TPSA) is 60.2 Å². The molecular weight excluding hydrogens is 430 g/mol. The Morgan fingerprint density at radius 2 is 1.46 bits per heavy atom. The Bertz CT molecular complexity index is 1450. The molecule has 0 spiro atoms. The lowest BCUT2D eigenvalue weighted by Gasteiger charge is -2.16. The maximum atomic E-state index is 6.17. The van der Waals surface area contributed by atoms with E-state index >= 15 is 0 Å². The molecule has 0 aliphatic carbocycles. The molecule has 1 heterocycles. The van der Waals surface area contributed by atoms with Gasteiger partial charge in [0.2, 0.25) is 0 Å². The number of benzene rings is 4. The third-order valence-corrected chi connectivity index (χ3v) is 6.16. The van der Waals surface area contributed by atoms with E-state index in [4.69, 9.17) is 15.5 Å². The van der Waals surface area contributed by atoms with Crippen molar-refractivity contribution in [1.82, 2.24) is 4.98 Å². The van der Waals surface area contributed by atoms with Crippen molar-refractivity contribution in [2.24, 2.45) is 0 Å². The van der Waals surface area contributed by atoms with E-state index < -0.39 is 0 Å². The van der Waals surface area contributed by atoms with E-state index in [1.165, 1.54) is 11.1 Å². The van der Waals surface area contributed by atoms with Gasteiger partial charge in [-0.15, -0.1) is 0 Å². The first-order valence-electron chi connectivity index (χ1n) is 11.9. The minimum atomic E-state index is 0.528. The molecule has 0 fully saturated rings. The van der Waals surface area contributed by atoms with Gasteiger partial charge in [0.05, 0.1) is 5.52 Å². The number of rotatable bonds is 8. The maximum absolute atomic E-state index is 6.17. The second-order valence-corrected chi connectivity index (χ2v) is 8.75. The number of anilines is 3. The standard InChI is InChI=1S/C31H29N3O/c1-22-19-31(27-20-26(17-18-30(27)33-22)35-21-23-9-3-2-4-10-23)34-29-14-8-6-12-25(29)16-15-24-11-5-7-13-28(24)32/h2-14,17-20H,15-16,21,32H2,1H3,(H,33,34). The number of nitrogens with zero attached hydrogens (tertiary/aromatic N) is 1. The van der Waals surface area contributed by atoms with Crippen molar-refractivity contribution in [2.75, 3.05) is 11.1 Å². The predicted molar refractivity (Wildman–Crippen MR) is 145 cm³/mol. The molecule has 0 unspecified atom stereocenters. The van der Waals surface area contributed by atoms with Gasteiger partial charge >= 0.3 is 0 Å². The first-order chi connectivity index (χ1) is 17.2. The number of para-hydroxylation sites is 2. The molecule has 0 radical (unpaired) electrons. The molecule has 3 N–H and O–H groups in total. The molecule has 5 rings (SSSR count). The smallest absolute Gasteiger partial charge is 0.120 e. The fraction of sp³-hybridized carbons (Fsp3) is 0.129. The summed E-state index contributed by atoms with van der Waals surface area (Å²) < 4.78 is 6.09. The van der Waals surface area contributed by atoms with Crippen molar-refractivity contribution in [2.45, 2.75) is 26.4 Å². The van der Waals surface area contributed by atoms with Gasteiger partial charge in [-0.3, -0.25) is 4.98 Å². The van der Waals surface area contributed by atoms with E-state index in [0.29, 0.717) is 6.61 Å². The predicted octanol–water partition coefficient (Wildman–Crippen LogP) is 7.23. The molecule has 4 heteroatoms. The van der Waals surface area contributed by atoms with Gasteiger partial charge < -0.3 is 15.8 Å². The van der Waals surface area contributed by atoms with Crippen LogP contribution in [0.1, 0.15) is 22.4 Å². The van der Waals surface area contributed by atoms with Gasteiger partial charge in [-0.05, 0) is 72.9 Å². The average molecular weight is 460 g/mol. The van der Waals surface area contributed by atoms with Gasteiger partial charge in [0, 0.05) is 28.1 Å². The number of hydrogen-bond acceptors (Lipinski definition) is 4. The molecule has 4 aromatic carbocycles. The van der Waals surface area contributed by atoms with Crippen LogP contribution in [0.15, 0.2) is 103 Å². The summed E-state index contributed by atoms with van der Waals surface area (Å²) in [6.07, 6.45) is 1.78. The number of fused-ring (bicyclic) bond motifs is 1. The van der Waals surface area contributed by atoms with Crippen molar-refractivity contribution in [3.63, 3.8) is 0 Å². The van der Waals surface area contributed by atoms with Crippen LogP contribution in [0.5, 0.6) is 5.75 Å². The lowest BCUT2D eigenvalue weighted by molar-refractivity contribution is 0.306. The lowest BCUT2D eigenvalue weighted by Crippen LogP contribution is -2.01. The Balaban J connectivity index is 1.41. The van der Waals surface area contributed by atoms with Gasteiger partial charge in [-0.1, -0.05) is 66.7 Å². The summed E-state index contributed by atoms with van der Waals surface area (Å²) >= 11 is 0. The molecule has 1 aromatic heterocycles. The number of pyridine rings is 1. The molecular formula is C31H29N3O. The molecule has 0 aliphatic heterocycles. The number of aromatic nitrogens is 1. The summed E-state index contributed by atoms with van der Waals surface area (Å²) in [5, 5.41) is 4.71. The summed E-state index contributed by atoms with van der Waals surface area (Å²) in [4.78, 5) is 4.74. The van der Waals surface area contributed by atoms with Gasteiger partial charge in [0.15, 0.2) is 0 Å². The Morgan fingerprint density at radius 1 is 0.743 bits per heavy atom. The Labute approximate surface area is 206 Å². The second kappa shape index (κ2) is 10.3. The fourth-order valence-electron chi connectivity index (χ4n) is 4.31. The van der Waals surface area contributed by atoms with Crippen LogP contribution >= 0.6 is 0 Å². The van der Waals surface area contributed by atoms with Crippen molar-refractivity contribution >= 4 is 28.0 Å². The van der Waals surface area contributed by atoms with Gasteiger partial charge in [-0.2, -0.15) is 0 Å². The Hall–Kier alpha value is -4.31. The number of nitrogens with two attached hydrogens (primary N) is 1. The zero-order valence-electron chi connectivity index (χ0n) is 19.9. The minimum absolute atomic E-state index is 0.528. The van der Waals surface area contributed by atoms with E-state index in [9.17, 15) is 0 Å². The average Bonchev–Trinajstić information content (AvgIpc) is 2.88. The Kier molecular flexibility index (Phi) is 6.62. The fourth-order valence-corrected chi connectivity index (χ4v) is 4.31. The third kappa shape index (κ3) is 5.44. The van der Waals surface area contributed by atoms with Crippen molar-refractivity contribution < 1.29 is 4.74 Å². The summed E-state index contributed by atoms with van der Waals surface area (Å²) in [6.45, 7) is 2.55. The summed E-state index contributed by atoms with van der Waals surface area (Å²) in [5.74, 6) is 0.822. The van der Waals surface area contributed by atoms with Crippen molar-refractivity contribution in [1.29, 1.82) is 0 Å². The second-order valence-electron chi connectivity index (χ2n) is 8.75. The highest BCUT2D eigenvalue weighted by Crippen LogP contribution is 2.31. The SMILES string of the molecule is Cc1cc(Nc2ccccc2CCc2ccccc2N)c2cc(OCc3ccccc3)ccc2n1. The van der Waals surface area contributed by atoms with E-state index in [2.05, 4.69) is 59.9 Å². The highest BCUT2D eigenvalue weighted by Gasteiger charge is 2.10. The van der Waals surface area contributed by atoms with Crippen LogP contribution in [0.4, 0.5) is 17.1 Å². The van der Waals surface area contributed by atoms with Crippen LogP contribution in [0.25, 0.3) is 10.9 Å². The first-order valence-corrected chi connectivity index (χ1v) is 11.9. The molecule has 4 nitrogen and oxygen atoms in total. The maximum Gasteiger partial charge on any atom is 0.120 e. The lowest BCUT2D eigenvalue weighted by atomic mass is 10.0. The number of aryl methyl sites for hydroxylation is 3. The third-order valence-electron chi connectivity index (χ3n) is 6.16. The number of nitrogens with one attached hydrogen (secondary N) is 1. The number of ether oxygens (including phenoxy) is 1. The monoisotopic (exact) mass is 459 g/mol. The van der Waals surface area contributed by atoms with E-state index in [-0.39, 0.29) is 0 Å². The van der Waals surface area contributed by atoms with E-state index in [0.717, 1.165) is 57.8 Å². The highest BCUT2D eigenvalue weighted by molar-refractivity contribution is 5.94. The quantitative estimate of drug-likeness (QED) is 0.240. The Morgan fingerprint density at radius 3 is 2.29 bits per heavy atom. The molecule has 5 aromatic rings. The molecule has 0 atom stereocenters. The molecule has 174 valence electrons. The van der Waals surface area contributed by atoms with Gasteiger partial charge in [0.25, 0.3) is 0 Å². The van der Waals surface area contributed by atoms with Gasteiger partial charge in [-0.25, -0.2) is 0 Å². The zero-order valence-corrected chi connectivity index (χ0v) is 19.9. The van der Waals surface area contributed by atoms with Crippen LogP contribution in [0, 0.1) is 6.92 Å². The molecule has 0 amide bonds. The zero-order chi connectivity index (χ0) is 24.0. The highest BCUT2D eigenvalue weighted by atomic mass is 16.5. The molecule has 0 saturated carbocycles. The first kappa shape index (κ1) is 22.5. The largest absolute Gasteiger partial charge is 0.489 e. The van der Waals surface area contributed by atoms with E-state index in [1.807, 2.05) is 55.5 Å². The molecule has 0 bridgehead atoms. The molecule has 0 saturated heterocycles. The summed E-state index contributed by atoms with van der Waals surface area (Å²) in [5.41, 5.74) is 14.6. The van der Waals surface area contributed by atoms with Gasteiger partial charge in [0.1, 0.15) is 12.4 Å². The van der Waals surface area contributed by atoms with E-state index in [1.54, 1.807) is 0 Å². The van der Waals surface area contributed by atoms with Crippen molar-refractivity contribution in [3.8, 4) is 5.75 Å². The molecule has 35 heavy (non-hydrogen) atoms. The van der Waals surface area contributed by atoms with Crippen LogP contribution < -0.4 is 15.8 Å². The van der Waals surface area contributed by atoms with Crippen molar-refractivity contribution in [3.05, 3.63) is 126 Å². The van der Waals surface area contributed by atoms with Crippen LogP contribution in [-0.4, -0.2) is 4.98 Å². The van der Waals surface area contributed by atoms with Crippen LogP contribution in [0.2, 0.25) is 0 Å². The number of nitrogen functional groups attached to an aromatic ring is 1. The summed E-state index contributed by atoms with van der Waals surface area (Å²) in [6, 6.07) is 34.9.